The van der Waals surface area contributed by atoms with Crippen molar-refractivity contribution in [3.63, 3.8) is 0 Å². The molecule has 8 aromatic carbocycles. The van der Waals surface area contributed by atoms with Crippen LogP contribution in [-0.4, -0.2) is 11.8 Å². The summed E-state index contributed by atoms with van der Waals surface area (Å²) >= 11 is 0. The van der Waals surface area contributed by atoms with Gasteiger partial charge < -0.3 is 14.3 Å². The summed E-state index contributed by atoms with van der Waals surface area (Å²) in [6.45, 7) is 13.6. The molecule has 3 nitrogen and oxygen atoms in total. The second-order valence-corrected chi connectivity index (χ2v) is 18.9. The largest absolute Gasteiger partial charge is 0.455 e. The highest BCUT2D eigenvalue weighted by molar-refractivity contribution is 6.74. The van der Waals surface area contributed by atoms with E-state index in [1.807, 2.05) is 0 Å². The molecular weight excluding hydrogens is 751 g/mol. The zero-order valence-electron chi connectivity index (χ0n) is 36.2. The van der Waals surface area contributed by atoms with Gasteiger partial charge in [0.1, 0.15) is 11.3 Å². The Balaban J connectivity index is 1.20. The van der Waals surface area contributed by atoms with Gasteiger partial charge in [-0.1, -0.05) is 180 Å². The van der Waals surface area contributed by atoms with Gasteiger partial charge >= 0.3 is 0 Å². The van der Waals surface area contributed by atoms with Gasteiger partial charge in [0.15, 0.2) is 7.28 Å². The predicted octanol–water partition coefficient (Wildman–Crippen LogP) is 14.5. The smallest absolute Gasteiger partial charge is 0.198 e. The molecule has 0 amide bonds. The molecule has 4 heteroatoms. The molecule has 3 heterocycles. The molecule has 0 saturated heterocycles. The van der Waals surface area contributed by atoms with Gasteiger partial charge in [-0.15, -0.1) is 0 Å². The first-order valence-electron chi connectivity index (χ1n) is 21.8. The lowest BCUT2D eigenvalue weighted by Gasteiger charge is -2.25. The van der Waals surface area contributed by atoms with E-state index >= 15 is 0 Å². The van der Waals surface area contributed by atoms with Crippen LogP contribution in [0.5, 0.6) is 0 Å². The lowest BCUT2D eigenvalue weighted by Crippen LogP contribution is -2.37. The summed E-state index contributed by atoms with van der Waals surface area (Å²) in [4.78, 5) is 0. The van der Waals surface area contributed by atoms with Crippen LogP contribution in [0.1, 0.15) is 52.7 Å². The monoisotopic (exact) mass is 799 g/mol. The second kappa shape index (κ2) is 14.3. The van der Waals surface area contributed by atoms with Crippen LogP contribution in [0.3, 0.4) is 0 Å². The van der Waals surface area contributed by atoms with Crippen molar-refractivity contribution in [3.05, 3.63) is 187 Å². The van der Waals surface area contributed by atoms with Crippen molar-refractivity contribution in [3.8, 4) is 50.4 Å². The topological polar surface area (TPSA) is 30.1 Å². The number of anilines is 2. The quantitative estimate of drug-likeness (QED) is 0.170. The van der Waals surface area contributed by atoms with E-state index in [1.54, 1.807) is 0 Å². The highest BCUT2D eigenvalue weighted by Gasteiger charge is 2.31. The van der Waals surface area contributed by atoms with Crippen molar-refractivity contribution >= 4 is 62.4 Å². The highest BCUT2D eigenvalue weighted by atomic mass is 16.3. The molecule has 0 atom stereocenters. The number of aromatic nitrogens is 1. The van der Waals surface area contributed by atoms with E-state index < -0.39 is 0 Å². The van der Waals surface area contributed by atoms with Gasteiger partial charge in [-0.3, -0.25) is 0 Å². The minimum absolute atomic E-state index is 0.0471. The van der Waals surface area contributed by atoms with Crippen molar-refractivity contribution in [2.45, 2.75) is 52.4 Å². The van der Waals surface area contributed by atoms with Gasteiger partial charge in [-0.2, -0.15) is 0 Å². The fourth-order valence-corrected chi connectivity index (χ4v) is 9.52. The Morgan fingerprint density at radius 2 is 1.13 bits per heavy atom. The Labute approximate surface area is 364 Å². The molecule has 0 saturated carbocycles. The average Bonchev–Trinajstić information content (AvgIpc) is 3.83. The van der Waals surface area contributed by atoms with Crippen molar-refractivity contribution in [2.24, 2.45) is 0 Å². The zero-order chi connectivity index (χ0) is 42.3. The lowest BCUT2D eigenvalue weighted by molar-refractivity contribution is 0.590. The number of furan rings is 1. The van der Waals surface area contributed by atoms with E-state index in [1.165, 1.54) is 55.1 Å². The van der Waals surface area contributed by atoms with Crippen LogP contribution in [0.15, 0.2) is 180 Å². The number of fused-ring (bicyclic) bond motifs is 6. The van der Waals surface area contributed by atoms with Gasteiger partial charge in [0.2, 0.25) is 0 Å². The first-order chi connectivity index (χ1) is 30.0. The molecule has 0 bridgehead atoms. The molecule has 62 heavy (non-hydrogen) atoms. The standard InChI is InChI=1S/C58H48BN2O/c1-57(2,3)39-27-25-36(26-28-39)44-33-45(42-21-13-15-23-48(42)60-41-31-29-40(30-32-41)58(4,5)6)54-55-53(44)43-22-14-16-24-49(43)61(55)50-34-46-51(35-47(50)59-54)62-56(38-19-11-8-12-20-38)52(46)37-17-9-7-10-18-37/h7-35,60H,1-6H3. The van der Waals surface area contributed by atoms with Crippen LogP contribution in [0.2, 0.25) is 0 Å². The summed E-state index contributed by atoms with van der Waals surface area (Å²) in [6.07, 6.45) is 0. The van der Waals surface area contributed by atoms with Crippen molar-refractivity contribution in [1.82, 2.24) is 4.57 Å². The normalized spacial score (nSPS) is 12.5. The van der Waals surface area contributed by atoms with Crippen LogP contribution in [0.4, 0.5) is 11.4 Å². The Kier molecular flexibility index (Phi) is 8.74. The third-order valence-corrected chi connectivity index (χ3v) is 12.8. The molecule has 10 aromatic rings. The number of hydrogen-bond acceptors (Lipinski definition) is 2. The van der Waals surface area contributed by atoms with E-state index in [4.69, 9.17) is 4.42 Å². The van der Waals surface area contributed by atoms with E-state index in [2.05, 4.69) is 235 Å². The van der Waals surface area contributed by atoms with Crippen LogP contribution in [-0.2, 0) is 10.8 Å². The Morgan fingerprint density at radius 1 is 0.516 bits per heavy atom. The summed E-state index contributed by atoms with van der Waals surface area (Å²) in [7, 11) is 2.40. The molecule has 1 N–H and O–H groups in total. The lowest BCUT2D eigenvalue weighted by atomic mass is 9.58. The molecule has 0 fully saturated rings. The maximum Gasteiger partial charge on any atom is 0.198 e. The summed E-state index contributed by atoms with van der Waals surface area (Å²) < 4.78 is 9.46. The zero-order valence-corrected chi connectivity index (χ0v) is 36.2. The molecule has 0 unspecified atom stereocenters. The number of nitrogens with zero attached hydrogens (tertiary/aromatic N) is 1. The van der Waals surface area contributed by atoms with Gasteiger partial charge in [0.05, 0.1) is 5.52 Å². The molecular formula is C58H48BN2O. The molecule has 0 aliphatic carbocycles. The fraction of sp³-hybridized carbons (Fsp3) is 0.138. The van der Waals surface area contributed by atoms with Gasteiger partial charge in [0.25, 0.3) is 0 Å². The maximum absolute atomic E-state index is 6.94. The minimum Gasteiger partial charge on any atom is -0.455 e. The molecule has 1 aliphatic heterocycles. The number of hydrogen-bond donors (Lipinski definition) is 1. The minimum atomic E-state index is 0.0471. The van der Waals surface area contributed by atoms with E-state index in [0.29, 0.717) is 0 Å². The van der Waals surface area contributed by atoms with Crippen LogP contribution >= 0.6 is 0 Å². The first-order valence-corrected chi connectivity index (χ1v) is 21.8. The van der Waals surface area contributed by atoms with Crippen LogP contribution < -0.4 is 16.2 Å². The van der Waals surface area contributed by atoms with E-state index in [0.717, 1.165) is 61.5 Å². The summed E-state index contributed by atoms with van der Waals surface area (Å²) in [5, 5.41) is 7.43. The van der Waals surface area contributed by atoms with Gasteiger partial charge in [-0.05, 0) is 92.1 Å². The number of benzene rings is 8. The van der Waals surface area contributed by atoms with Gasteiger partial charge in [-0.25, -0.2) is 0 Å². The van der Waals surface area contributed by atoms with Crippen molar-refractivity contribution in [2.75, 3.05) is 5.32 Å². The first kappa shape index (κ1) is 37.9. The van der Waals surface area contributed by atoms with E-state index in [9.17, 15) is 0 Å². The predicted molar refractivity (Wildman–Crippen MR) is 264 cm³/mol. The third kappa shape index (κ3) is 6.28. The summed E-state index contributed by atoms with van der Waals surface area (Å²) in [6, 6.07) is 64.1. The Hall–Kier alpha value is -7.04. The second-order valence-electron chi connectivity index (χ2n) is 18.9. The van der Waals surface area contributed by atoms with Crippen molar-refractivity contribution in [1.29, 1.82) is 0 Å². The molecule has 299 valence electrons. The average molecular weight is 800 g/mol. The maximum atomic E-state index is 6.94. The number of nitrogens with one attached hydrogen (secondary N) is 1. The Bertz CT molecular complexity index is 3320. The summed E-state index contributed by atoms with van der Waals surface area (Å²) in [5.41, 5.74) is 19.6. The Morgan fingerprint density at radius 3 is 1.82 bits per heavy atom. The fourth-order valence-electron chi connectivity index (χ4n) is 9.52. The van der Waals surface area contributed by atoms with Crippen molar-refractivity contribution < 1.29 is 4.42 Å². The third-order valence-electron chi connectivity index (χ3n) is 12.8. The van der Waals surface area contributed by atoms with Crippen LogP contribution in [0.25, 0.3) is 83.2 Å². The van der Waals surface area contributed by atoms with E-state index in [-0.39, 0.29) is 10.8 Å². The molecule has 2 aromatic heterocycles. The van der Waals surface area contributed by atoms with Crippen LogP contribution in [0, 0.1) is 0 Å². The molecule has 0 spiro atoms. The summed E-state index contributed by atoms with van der Waals surface area (Å²) in [5.74, 6) is 0.881. The number of rotatable bonds is 6. The molecule has 1 aliphatic rings. The highest BCUT2D eigenvalue weighted by Crippen LogP contribution is 2.46. The SMILES string of the molecule is CC(C)(C)c1ccc(Nc2ccccc2-c2cc(-c3ccc(C(C)(C)C)cc3)c3c4ccccc4n4c3c2[B]c2cc3oc(-c5ccccc5)c(-c5ccccc5)c3cc2-4)cc1. The molecule has 1 radical (unpaired) electrons. The molecule has 11 rings (SSSR count). The number of para-hydroxylation sites is 2. The van der Waals surface area contributed by atoms with Gasteiger partial charge in [0, 0.05) is 55.4 Å².